The second-order valence-electron chi connectivity index (χ2n) is 1.89. The molecular formula is C4H10NaO6P2. The van der Waals surface area contributed by atoms with Crippen molar-refractivity contribution in [1.29, 1.82) is 0 Å². The van der Waals surface area contributed by atoms with Crippen LogP contribution in [0.15, 0.2) is 0 Å². The van der Waals surface area contributed by atoms with Crippen molar-refractivity contribution >= 4 is 46.1 Å². The summed E-state index contributed by atoms with van der Waals surface area (Å²) < 4.78 is 40.2. The Morgan fingerprint density at radius 2 is 0.923 bits per heavy atom. The van der Waals surface area contributed by atoms with E-state index in [9.17, 15) is 9.13 Å². The van der Waals surface area contributed by atoms with Crippen LogP contribution in [0.1, 0.15) is 0 Å². The largest absolute Gasteiger partial charge is 0.319 e. The molecule has 0 bridgehead atoms. The van der Waals surface area contributed by atoms with Crippen LogP contribution in [-0.2, 0) is 27.2 Å². The van der Waals surface area contributed by atoms with Gasteiger partial charge in [-0.1, -0.05) is 0 Å². The third-order valence-electron chi connectivity index (χ3n) is 1.05. The minimum atomic E-state index is -2.41. The van der Waals surface area contributed by atoms with Crippen LogP contribution in [0, 0.1) is 0 Å². The van der Waals surface area contributed by atoms with E-state index in [1.54, 1.807) is 0 Å². The van der Waals surface area contributed by atoms with Crippen molar-refractivity contribution in [3.8, 4) is 0 Å². The predicted octanol–water partition coefficient (Wildman–Crippen LogP) is 0.465. The molecule has 73 valence electrons. The van der Waals surface area contributed by atoms with Crippen molar-refractivity contribution in [2.45, 2.75) is 0 Å². The van der Waals surface area contributed by atoms with E-state index in [1.165, 1.54) is 0 Å². The zero-order valence-electron chi connectivity index (χ0n) is 7.28. The van der Waals surface area contributed by atoms with Gasteiger partial charge in [-0.3, -0.25) is 9.13 Å². The van der Waals surface area contributed by atoms with Crippen molar-refractivity contribution in [2.75, 3.05) is 26.4 Å². The normalized spacial score (nSPS) is 31.7. The van der Waals surface area contributed by atoms with Crippen molar-refractivity contribution in [1.82, 2.24) is 0 Å². The van der Waals surface area contributed by atoms with Crippen molar-refractivity contribution in [3.63, 3.8) is 0 Å². The van der Waals surface area contributed by atoms with Crippen LogP contribution in [0.3, 0.4) is 0 Å². The van der Waals surface area contributed by atoms with Gasteiger partial charge >= 0.3 is 16.5 Å². The second kappa shape index (κ2) is 8.60. The molecular weight excluding hydrogens is 229 g/mol. The summed E-state index contributed by atoms with van der Waals surface area (Å²) in [5.74, 6) is 0. The number of rotatable bonds is 0. The Kier molecular flexibility index (Phi) is 9.46. The van der Waals surface area contributed by atoms with Gasteiger partial charge in [0.2, 0.25) is 0 Å². The molecule has 1 radical (unpaired) electrons. The first-order valence-corrected chi connectivity index (χ1v) is 5.83. The molecule has 0 unspecified atom stereocenters. The van der Waals surface area contributed by atoms with E-state index >= 15 is 0 Å². The monoisotopic (exact) mass is 239 g/mol. The Balaban J connectivity index is 0.00000144. The van der Waals surface area contributed by atoms with Gasteiger partial charge in [-0.05, 0) is 0 Å². The van der Waals surface area contributed by atoms with E-state index in [0.717, 1.165) is 0 Å². The summed E-state index contributed by atoms with van der Waals surface area (Å²) >= 11 is 0. The van der Waals surface area contributed by atoms with Gasteiger partial charge in [-0.2, -0.15) is 0 Å². The third kappa shape index (κ3) is 7.25. The summed E-state index contributed by atoms with van der Waals surface area (Å²) in [4.78, 5) is 0. The maximum atomic E-state index is 10.7. The van der Waals surface area contributed by atoms with Gasteiger partial charge in [-0.25, -0.2) is 0 Å². The minimum absolute atomic E-state index is 0. The Morgan fingerprint density at radius 1 is 0.692 bits per heavy atom. The first kappa shape index (κ1) is 14.3. The van der Waals surface area contributed by atoms with Gasteiger partial charge in [0, 0.05) is 29.6 Å². The molecule has 1 aliphatic rings. The zero-order valence-corrected chi connectivity index (χ0v) is 11.3. The predicted molar refractivity (Wildman–Crippen MR) is 47.6 cm³/mol. The molecule has 0 saturated carbocycles. The van der Waals surface area contributed by atoms with Crippen LogP contribution >= 0.6 is 16.5 Å². The van der Waals surface area contributed by atoms with E-state index in [-0.39, 0.29) is 56.0 Å². The molecule has 6 nitrogen and oxygen atoms in total. The second-order valence-corrected chi connectivity index (χ2v) is 4.05. The molecule has 1 saturated heterocycles. The Labute approximate surface area is 99.5 Å². The fraction of sp³-hybridized carbons (Fsp3) is 1.00. The molecule has 0 aromatic rings. The third-order valence-corrected chi connectivity index (χ3v) is 2.81. The maximum Gasteiger partial charge on any atom is 0.319 e. The minimum Gasteiger partial charge on any atom is -0.308 e. The summed E-state index contributed by atoms with van der Waals surface area (Å²) in [5.41, 5.74) is 0. The molecule has 1 rings (SSSR count). The topological polar surface area (TPSA) is 71.1 Å². The van der Waals surface area contributed by atoms with E-state index in [4.69, 9.17) is 0 Å². The first-order valence-electron chi connectivity index (χ1n) is 3.38. The molecule has 0 aromatic heterocycles. The Morgan fingerprint density at radius 3 is 1.15 bits per heavy atom. The molecule has 1 aliphatic heterocycles. The number of hydrogen-bond donors (Lipinski definition) is 0. The molecule has 1 fully saturated rings. The van der Waals surface area contributed by atoms with Crippen molar-refractivity contribution < 1.29 is 27.2 Å². The van der Waals surface area contributed by atoms with E-state index in [0.29, 0.717) is 0 Å². The quantitative estimate of drug-likeness (QED) is 0.452. The average molecular weight is 239 g/mol. The van der Waals surface area contributed by atoms with Gasteiger partial charge < -0.3 is 18.1 Å². The molecule has 0 aliphatic carbocycles. The van der Waals surface area contributed by atoms with Gasteiger partial charge in [0.25, 0.3) is 0 Å². The Bertz CT molecular complexity index is 151. The van der Waals surface area contributed by atoms with E-state index in [1.807, 2.05) is 0 Å². The van der Waals surface area contributed by atoms with E-state index in [2.05, 4.69) is 18.1 Å². The molecule has 9 heteroatoms. The van der Waals surface area contributed by atoms with Crippen LogP contribution in [0.2, 0.25) is 0 Å². The summed E-state index contributed by atoms with van der Waals surface area (Å²) in [7, 11) is -4.82. The molecule has 0 amide bonds. The van der Waals surface area contributed by atoms with Crippen LogP contribution in [0.5, 0.6) is 0 Å². The molecule has 1 heterocycles. The smallest absolute Gasteiger partial charge is 0.308 e. The van der Waals surface area contributed by atoms with Crippen LogP contribution in [-0.4, -0.2) is 56.0 Å². The molecule has 0 N–H and O–H groups in total. The van der Waals surface area contributed by atoms with Crippen LogP contribution < -0.4 is 0 Å². The first-order chi connectivity index (χ1) is 5.79. The molecule has 0 atom stereocenters. The molecule has 13 heavy (non-hydrogen) atoms. The SMILES string of the molecule is O=[PH]1OCCO[PH](=O)OCCO1.[Na]. The van der Waals surface area contributed by atoms with Crippen molar-refractivity contribution in [2.24, 2.45) is 0 Å². The summed E-state index contributed by atoms with van der Waals surface area (Å²) in [6, 6.07) is 0. The summed E-state index contributed by atoms with van der Waals surface area (Å²) in [6.07, 6.45) is 0. The number of hydrogen-bond acceptors (Lipinski definition) is 6. The average Bonchev–Trinajstić information content (AvgIpc) is 2.06. The van der Waals surface area contributed by atoms with Crippen LogP contribution in [0.25, 0.3) is 0 Å². The standard InChI is InChI=1S/C4H10O6P2.Na/c5-11-7-1-2-8-12(6)10-4-3-9-11;/h11-12H,1-4H2;. The summed E-state index contributed by atoms with van der Waals surface area (Å²) in [6.45, 7) is 0.435. The molecule has 0 spiro atoms. The van der Waals surface area contributed by atoms with Gasteiger partial charge in [0.15, 0.2) is 0 Å². The summed E-state index contributed by atoms with van der Waals surface area (Å²) in [5, 5.41) is 0. The maximum absolute atomic E-state index is 10.7. The van der Waals surface area contributed by atoms with Crippen molar-refractivity contribution in [3.05, 3.63) is 0 Å². The van der Waals surface area contributed by atoms with Gasteiger partial charge in [-0.15, -0.1) is 0 Å². The van der Waals surface area contributed by atoms with E-state index < -0.39 is 16.5 Å². The van der Waals surface area contributed by atoms with Crippen LogP contribution in [0.4, 0.5) is 0 Å². The van der Waals surface area contributed by atoms with Gasteiger partial charge in [0.05, 0.1) is 26.4 Å². The fourth-order valence-corrected chi connectivity index (χ4v) is 1.75. The zero-order chi connectivity index (χ0) is 8.81. The van der Waals surface area contributed by atoms with Gasteiger partial charge in [0.1, 0.15) is 0 Å². The Hall–Kier alpha value is 1.30. The fourth-order valence-electron chi connectivity index (χ4n) is 0.583. The molecule has 0 aromatic carbocycles.